The molecule has 5 heteroatoms. The molecule has 0 spiro atoms. The number of carbonyl (C=O) groups is 2. The molecule has 1 heterocycles. The van der Waals surface area contributed by atoms with Crippen molar-refractivity contribution < 1.29 is 14.3 Å². The van der Waals surface area contributed by atoms with E-state index in [4.69, 9.17) is 4.74 Å². The standard InChI is InChI=1S/C20H19NO3S/c1-2-24-19(22)13-16(14-8-4-3-5-9-14)21-20(23)18-12-15-10-6-7-11-17(15)25-18/h3-12,16H,2,13H2,1H3,(H,21,23). The van der Waals surface area contributed by atoms with Crippen LogP contribution >= 0.6 is 11.3 Å². The van der Waals surface area contributed by atoms with Crippen LogP contribution in [0.2, 0.25) is 0 Å². The minimum Gasteiger partial charge on any atom is -0.466 e. The molecule has 1 unspecified atom stereocenters. The molecule has 0 saturated carbocycles. The molecule has 1 atom stereocenters. The summed E-state index contributed by atoms with van der Waals surface area (Å²) in [5, 5.41) is 4.01. The highest BCUT2D eigenvalue weighted by molar-refractivity contribution is 7.20. The Bertz CT molecular complexity index is 840. The van der Waals surface area contributed by atoms with Gasteiger partial charge in [0.15, 0.2) is 0 Å². The molecule has 4 nitrogen and oxygen atoms in total. The smallest absolute Gasteiger partial charge is 0.308 e. The summed E-state index contributed by atoms with van der Waals surface area (Å²) in [6.07, 6.45) is 0.106. The van der Waals surface area contributed by atoms with Crippen LogP contribution in [0.5, 0.6) is 0 Å². The highest BCUT2D eigenvalue weighted by atomic mass is 32.1. The number of hydrogen-bond acceptors (Lipinski definition) is 4. The second-order valence-electron chi connectivity index (χ2n) is 5.59. The number of esters is 1. The van der Waals surface area contributed by atoms with Crippen LogP contribution in [0.15, 0.2) is 60.7 Å². The van der Waals surface area contributed by atoms with Crippen LogP contribution in [0.3, 0.4) is 0 Å². The van der Waals surface area contributed by atoms with E-state index in [1.807, 2.05) is 60.7 Å². The van der Waals surface area contributed by atoms with Crippen LogP contribution < -0.4 is 5.32 Å². The van der Waals surface area contributed by atoms with Crippen molar-refractivity contribution in [3.8, 4) is 0 Å². The summed E-state index contributed by atoms with van der Waals surface area (Å²) in [7, 11) is 0. The molecule has 0 radical (unpaired) electrons. The fourth-order valence-electron chi connectivity index (χ4n) is 2.65. The van der Waals surface area contributed by atoms with Crippen LogP contribution in [0.1, 0.15) is 34.6 Å². The number of hydrogen-bond donors (Lipinski definition) is 1. The maximum absolute atomic E-state index is 12.7. The molecule has 0 aliphatic carbocycles. The van der Waals surface area contributed by atoms with E-state index in [2.05, 4.69) is 5.32 Å². The van der Waals surface area contributed by atoms with Crippen LogP contribution in [0.4, 0.5) is 0 Å². The zero-order valence-corrected chi connectivity index (χ0v) is 14.7. The lowest BCUT2D eigenvalue weighted by molar-refractivity contribution is -0.143. The van der Waals surface area contributed by atoms with Gasteiger partial charge in [-0.2, -0.15) is 0 Å². The average Bonchev–Trinajstić information content (AvgIpc) is 3.06. The van der Waals surface area contributed by atoms with Crippen molar-refractivity contribution in [2.24, 2.45) is 0 Å². The normalized spacial score (nSPS) is 11.9. The number of benzene rings is 2. The zero-order valence-electron chi connectivity index (χ0n) is 13.9. The Labute approximate surface area is 150 Å². The van der Waals surface area contributed by atoms with Gasteiger partial charge >= 0.3 is 5.97 Å². The van der Waals surface area contributed by atoms with Gasteiger partial charge in [-0.05, 0) is 30.0 Å². The second-order valence-corrected chi connectivity index (χ2v) is 6.68. The van der Waals surface area contributed by atoms with Gasteiger partial charge in [0.2, 0.25) is 0 Å². The summed E-state index contributed by atoms with van der Waals surface area (Å²) in [6, 6.07) is 18.8. The molecular formula is C20H19NO3S. The van der Waals surface area contributed by atoms with Gasteiger partial charge in [0, 0.05) is 4.70 Å². The number of rotatable bonds is 6. The highest BCUT2D eigenvalue weighted by Crippen LogP contribution is 2.26. The van der Waals surface area contributed by atoms with Crippen molar-refractivity contribution in [3.05, 3.63) is 71.1 Å². The molecule has 2 aromatic carbocycles. The zero-order chi connectivity index (χ0) is 17.6. The summed E-state index contributed by atoms with van der Waals surface area (Å²) in [5.41, 5.74) is 0.880. The number of ether oxygens (including phenoxy) is 1. The lowest BCUT2D eigenvalue weighted by Gasteiger charge is -2.18. The Kier molecular flexibility index (Phi) is 5.46. The first-order valence-corrected chi connectivity index (χ1v) is 8.99. The summed E-state index contributed by atoms with van der Waals surface area (Å²) < 4.78 is 6.11. The average molecular weight is 353 g/mol. The van der Waals surface area contributed by atoms with Gasteiger partial charge in [0.25, 0.3) is 5.91 Å². The van der Waals surface area contributed by atoms with Crippen LogP contribution in [0, 0.1) is 0 Å². The van der Waals surface area contributed by atoms with Crippen molar-refractivity contribution in [3.63, 3.8) is 0 Å². The fraction of sp³-hybridized carbons (Fsp3) is 0.200. The summed E-state index contributed by atoms with van der Waals surface area (Å²) in [4.78, 5) is 25.2. The number of fused-ring (bicyclic) bond motifs is 1. The Balaban J connectivity index is 1.81. The van der Waals surface area contributed by atoms with Gasteiger partial charge in [0.1, 0.15) is 0 Å². The highest BCUT2D eigenvalue weighted by Gasteiger charge is 2.21. The first-order chi connectivity index (χ1) is 12.2. The van der Waals surface area contributed by atoms with Crippen molar-refractivity contribution >= 4 is 33.3 Å². The van der Waals surface area contributed by atoms with Crippen molar-refractivity contribution in [1.29, 1.82) is 0 Å². The van der Waals surface area contributed by atoms with Crippen LogP contribution in [0.25, 0.3) is 10.1 Å². The molecule has 1 amide bonds. The Morgan fingerprint density at radius 3 is 2.52 bits per heavy atom. The third kappa shape index (κ3) is 4.25. The fourth-order valence-corrected chi connectivity index (χ4v) is 3.61. The molecule has 0 bridgehead atoms. The van der Waals surface area contributed by atoms with Gasteiger partial charge in [-0.25, -0.2) is 0 Å². The lowest BCUT2D eigenvalue weighted by Crippen LogP contribution is -2.30. The van der Waals surface area contributed by atoms with Gasteiger partial charge in [-0.15, -0.1) is 11.3 Å². The van der Waals surface area contributed by atoms with E-state index in [9.17, 15) is 9.59 Å². The summed E-state index contributed by atoms with van der Waals surface area (Å²) in [6.45, 7) is 2.09. The van der Waals surface area contributed by atoms with E-state index in [0.717, 1.165) is 15.6 Å². The molecule has 1 aromatic heterocycles. The quantitative estimate of drug-likeness (QED) is 0.671. The lowest BCUT2D eigenvalue weighted by atomic mass is 10.0. The minimum absolute atomic E-state index is 0.106. The van der Waals surface area contributed by atoms with E-state index < -0.39 is 6.04 Å². The molecule has 3 rings (SSSR count). The van der Waals surface area contributed by atoms with Crippen molar-refractivity contribution in [1.82, 2.24) is 5.32 Å². The SMILES string of the molecule is CCOC(=O)CC(NC(=O)c1cc2ccccc2s1)c1ccccc1. The summed E-state index contributed by atoms with van der Waals surface area (Å²) in [5.74, 6) is -0.507. The molecule has 3 aromatic rings. The third-order valence-electron chi connectivity index (χ3n) is 3.83. The molecule has 0 saturated heterocycles. The van der Waals surface area contributed by atoms with E-state index in [0.29, 0.717) is 11.5 Å². The monoisotopic (exact) mass is 353 g/mol. The number of carbonyl (C=O) groups excluding carboxylic acids is 2. The topological polar surface area (TPSA) is 55.4 Å². The third-order valence-corrected chi connectivity index (χ3v) is 4.95. The van der Waals surface area contributed by atoms with Gasteiger partial charge < -0.3 is 10.1 Å². The van der Waals surface area contributed by atoms with E-state index in [1.165, 1.54) is 11.3 Å². The number of amides is 1. The first kappa shape index (κ1) is 17.2. The predicted molar refractivity (Wildman–Crippen MR) is 99.7 cm³/mol. The molecule has 128 valence electrons. The molecule has 0 aliphatic heterocycles. The Morgan fingerprint density at radius 2 is 1.80 bits per heavy atom. The maximum Gasteiger partial charge on any atom is 0.308 e. The molecular weight excluding hydrogens is 334 g/mol. The van der Waals surface area contributed by atoms with Gasteiger partial charge in [0.05, 0.1) is 23.9 Å². The minimum atomic E-state index is -0.419. The van der Waals surface area contributed by atoms with E-state index >= 15 is 0 Å². The van der Waals surface area contributed by atoms with Crippen molar-refractivity contribution in [2.45, 2.75) is 19.4 Å². The largest absolute Gasteiger partial charge is 0.466 e. The van der Waals surface area contributed by atoms with E-state index in [1.54, 1.807) is 6.92 Å². The Morgan fingerprint density at radius 1 is 1.08 bits per heavy atom. The first-order valence-electron chi connectivity index (χ1n) is 8.17. The van der Waals surface area contributed by atoms with Gasteiger partial charge in [-0.3, -0.25) is 9.59 Å². The maximum atomic E-state index is 12.7. The van der Waals surface area contributed by atoms with E-state index in [-0.39, 0.29) is 18.3 Å². The predicted octanol–water partition coefficient (Wildman–Crippen LogP) is 4.33. The number of thiophene rings is 1. The molecule has 0 fully saturated rings. The second kappa shape index (κ2) is 7.94. The summed E-state index contributed by atoms with van der Waals surface area (Å²) >= 11 is 1.44. The number of nitrogens with one attached hydrogen (secondary N) is 1. The van der Waals surface area contributed by atoms with Crippen LogP contribution in [-0.4, -0.2) is 18.5 Å². The molecule has 1 N–H and O–H groups in total. The molecule has 0 aliphatic rings. The van der Waals surface area contributed by atoms with Gasteiger partial charge in [-0.1, -0.05) is 48.5 Å². The van der Waals surface area contributed by atoms with Crippen molar-refractivity contribution in [2.75, 3.05) is 6.61 Å². The molecule has 25 heavy (non-hydrogen) atoms. The Hall–Kier alpha value is -2.66. The van der Waals surface area contributed by atoms with Crippen LogP contribution in [-0.2, 0) is 9.53 Å².